The molecule has 13 heteroatoms. The van der Waals surface area contributed by atoms with Crippen LogP contribution in [0.4, 0.5) is 32.8 Å². The van der Waals surface area contributed by atoms with Crippen molar-refractivity contribution in [2.24, 2.45) is 0 Å². The third-order valence-corrected chi connectivity index (χ3v) is 5.54. The van der Waals surface area contributed by atoms with Crippen LogP contribution in [0.5, 0.6) is 0 Å². The molecule has 0 radical (unpaired) electrons. The second-order valence-corrected chi connectivity index (χ2v) is 8.45. The number of nitro benzene ring substituents is 1. The van der Waals surface area contributed by atoms with Gasteiger partial charge in [0.2, 0.25) is 5.69 Å². The van der Waals surface area contributed by atoms with Crippen LogP contribution < -0.4 is 16.0 Å². The monoisotopic (exact) mass is 781 g/mol. The fraction of sp³-hybridized carbons (Fsp3) is 0.0909. The van der Waals surface area contributed by atoms with Gasteiger partial charge in [-0.2, -0.15) is 0 Å². The molecule has 0 aliphatic rings. The summed E-state index contributed by atoms with van der Waals surface area (Å²) < 4.78 is 16.4. The van der Waals surface area contributed by atoms with Crippen molar-refractivity contribution in [1.29, 1.82) is 0 Å². The van der Waals surface area contributed by atoms with Gasteiger partial charge in [0.25, 0.3) is 5.91 Å². The van der Waals surface area contributed by atoms with Crippen molar-refractivity contribution in [2.45, 2.75) is 0 Å². The first-order chi connectivity index (χ1) is 16.2. The number of hydrogen-bond donors (Lipinski definition) is 4. The van der Waals surface area contributed by atoms with Gasteiger partial charge in [-0.05, 0) is 70.7 Å². The summed E-state index contributed by atoms with van der Waals surface area (Å²) >= 11 is 8.24. The molecular weight excluding hydrogens is 765 g/mol. The molecular formula is C22H16ClFIN4O5W+. The molecule has 0 atom stereocenters. The Bertz CT molecular complexity index is 1260. The third kappa shape index (κ3) is 6.97. The summed E-state index contributed by atoms with van der Waals surface area (Å²) in [5.74, 6) is -1.52. The average Bonchev–Trinajstić information content (AvgIpc) is 2.81. The van der Waals surface area contributed by atoms with Crippen LogP contribution >= 0.6 is 34.2 Å². The smallest absolute Gasteiger partial charge is 0.404 e. The van der Waals surface area contributed by atoms with Gasteiger partial charge in [-0.3, -0.25) is 14.9 Å². The first-order valence-corrected chi connectivity index (χ1v) is 11.1. The summed E-state index contributed by atoms with van der Waals surface area (Å²) in [7, 11) is 0. The number of nitro groups is 1. The molecule has 3 aromatic rings. The molecule has 0 spiro atoms. The van der Waals surface area contributed by atoms with Crippen molar-refractivity contribution in [2.75, 3.05) is 23.8 Å². The number of aliphatic hydroxyl groups is 1. The van der Waals surface area contributed by atoms with Gasteiger partial charge in [-0.15, -0.1) is 5.56 Å². The van der Waals surface area contributed by atoms with E-state index in [1.807, 2.05) is 22.6 Å². The summed E-state index contributed by atoms with van der Waals surface area (Å²) in [6.45, 7) is -0.136. The molecule has 0 aliphatic carbocycles. The first kappa shape index (κ1) is 28.6. The number of halogens is 3. The topological polar surface area (TPSA) is 134 Å². The van der Waals surface area contributed by atoms with E-state index in [0.29, 0.717) is 0 Å². The van der Waals surface area contributed by atoms with E-state index < -0.39 is 28.0 Å². The molecule has 0 bridgehead atoms. The van der Waals surface area contributed by atoms with Gasteiger partial charge < -0.3 is 25.9 Å². The zero-order chi connectivity index (χ0) is 24.8. The van der Waals surface area contributed by atoms with Gasteiger partial charge in [-0.1, -0.05) is 17.7 Å². The molecule has 0 aliphatic heterocycles. The van der Waals surface area contributed by atoms with Gasteiger partial charge in [0, 0.05) is 27.1 Å². The summed E-state index contributed by atoms with van der Waals surface area (Å²) in [5, 5.41) is 28.5. The number of nitrogens with one attached hydrogen (secondary N) is 3. The first-order valence-electron chi connectivity index (χ1n) is 9.62. The number of rotatable bonds is 9. The predicted molar refractivity (Wildman–Crippen MR) is 134 cm³/mol. The van der Waals surface area contributed by atoms with Crippen LogP contribution in [0.3, 0.4) is 0 Å². The molecule has 3 rings (SSSR count). The van der Waals surface area contributed by atoms with Crippen LogP contribution in [0.2, 0.25) is 5.02 Å². The Morgan fingerprint density at radius 2 is 1.83 bits per heavy atom. The molecule has 0 heterocycles. The van der Waals surface area contributed by atoms with E-state index in [2.05, 4.69) is 16.0 Å². The fourth-order valence-corrected chi connectivity index (χ4v) is 3.85. The van der Waals surface area contributed by atoms with E-state index in [1.165, 1.54) is 30.6 Å². The number of carbonyl (C=O) groups is 1. The maximum Gasteiger partial charge on any atom is 2.00 e. The zero-order valence-electron chi connectivity index (χ0n) is 17.6. The second kappa shape index (κ2) is 12.9. The molecule has 9 nitrogen and oxygen atoms in total. The number of aliphatic hydroxyl groups excluding tert-OH is 1. The molecule has 0 saturated heterocycles. The van der Waals surface area contributed by atoms with E-state index in [-0.39, 0.29) is 67.4 Å². The van der Waals surface area contributed by atoms with Crippen molar-refractivity contribution < 1.29 is 45.1 Å². The standard InChI is InChI=1S/C22H16ClFIN4O5.W/c23-16-10-14(25)3-6-17(16)28-20-13(11-31)9-18(29(33)34)21(19(20)24)27-15-4-1-12(2-5-15)22(32)26-7-8-30;/h1-6,9-10,27-28,30H,7-8H2,(H,26,32);/q-1;+2. The van der Waals surface area contributed by atoms with E-state index >= 15 is 4.39 Å². The van der Waals surface area contributed by atoms with Crippen LogP contribution in [-0.2, 0) is 25.9 Å². The van der Waals surface area contributed by atoms with Crippen molar-refractivity contribution in [1.82, 2.24) is 5.32 Å². The maximum atomic E-state index is 15.5. The van der Waals surface area contributed by atoms with Gasteiger partial charge in [-0.25, -0.2) is 4.39 Å². The summed E-state index contributed by atoms with van der Waals surface area (Å²) in [4.78, 5) is 34.2. The normalized spacial score (nSPS) is 10.2. The Hall–Kier alpha value is -2.60. The van der Waals surface area contributed by atoms with Crippen LogP contribution in [0.15, 0.2) is 48.5 Å². The molecule has 0 aromatic heterocycles. The number of hydrogen-bond acceptors (Lipinski definition) is 7. The predicted octanol–water partition coefficient (Wildman–Crippen LogP) is 4.66. The van der Waals surface area contributed by atoms with Crippen LogP contribution in [0.25, 0.3) is 0 Å². The second-order valence-electron chi connectivity index (χ2n) is 6.80. The van der Waals surface area contributed by atoms with Gasteiger partial charge in [0.15, 0.2) is 0 Å². The number of anilines is 4. The van der Waals surface area contributed by atoms with E-state index in [1.54, 1.807) is 18.2 Å². The SMILES string of the molecule is O=[C-]c1cc([N+](=O)[O-])c(Nc2ccc(C(=O)NCCO)cc2)c(F)c1Nc1ccc(I)cc1Cl.[W+2]. The van der Waals surface area contributed by atoms with Gasteiger partial charge in [0.1, 0.15) is 11.5 Å². The Kier molecular flexibility index (Phi) is 10.6. The number of benzene rings is 3. The molecule has 1 amide bonds. The molecule has 180 valence electrons. The van der Waals surface area contributed by atoms with Crippen LogP contribution in [0.1, 0.15) is 15.9 Å². The fourth-order valence-electron chi connectivity index (χ4n) is 2.95. The van der Waals surface area contributed by atoms with E-state index in [9.17, 15) is 19.7 Å². The quantitative estimate of drug-likeness (QED) is 0.108. The van der Waals surface area contributed by atoms with Gasteiger partial charge >= 0.3 is 21.1 Å². The number of amides is 1. The van der Waals surface area contributed by atoms with Crippen LogP contribution in [-0.4, -0.2) is 35.4 Å². The van der Waals surface area contributed by atoms with Crippen molar-refractivity contribution in [3.05, 3.63) is 84.2 Å². The molecule has 3 aromatic carbocycles. The van der Waals surface area contributed by atoms with E-state index in [0.717, 1.165) is 9.64 Å². The summed E-state index contributed by atoms with van der Waals surface area (Å²) in [5.41, 5.74) is -1.09. The maximum absolute atomic E-state index is 15.5. The van der Waals surface area contributed by atoms with Crippen molar-refractivity contribution >= 4 is 74.8 Å². The van der Waals surface area contributed by atoms with Crippen molar-refractivity contribution in [3.8, 4) is 0 Å². The molecule has 0 saturated carbocycles. The average molecular weight is 782 g/mol. The Labute approximate surface area is 232 Å². The number of nitrogens with zero attached hydrogens (tertiary/aromatic N) is 1. The minimum absolute atomic E-state index is 0. The number of carbonyl (C=O) groups excluding carboxylic acids is 2. The van der Waals surface area contributed by atoms with E-state index in [4.69, 9.17) is 16.7 Å². The largest absolute Gasteiger partial charge is 2.00 e. The minimum Gasteiger partial charge on any atom is -0.404 e. The zero-order valence-corrected chi connectivity index (χ0v) is 23.4. The Morgan fingerprint density at radius 3 is 2.40 bits per heavy atom. The Morgan fingerprint density at radius 1 is 1.14 bits per heavy atom. The molecule has 0 unspecified atom stereocenters. The molecule has 4 N–H and O–H groups in total. The Balaban J connectivity index is 0.00000432. The molecule has 0 fully saturated rings. The minimum atomic E-state index is -1.09. The van der Waals surface area contributed by atoms with Gasteiger partial charge in [0.05, 0.1) is 22.8 Å². The summed E-state index contributed by atoms with van der Waals surface area (Å²) in [6.07, 6.45) is 1.52. The van der Waals surface area contributed by atoms with Crippen LogP contribution in [0, 0.1) is 19.5 Å². The summed E-state index contributed by atoms with van der Waals surface area (Å²) in [6, 6.07) is 11.5. The molecule has 35 heavy (non-hydrogen) atoms. The van der Waals surface area contributed by atoms with Crippen molar-refractivity contribution in [3.63, 3.8) is 0 Å². The third-order valence-electron chi connectivity index (χ3n) is 4.56.